The number of hydrogen-bond acceptors (Lipinski definition) is 4. The maximum absolute atomic E-state index is 5.39. The molecule has 1 heterocycles. The third-order valence-corrected chi connectivity index (χ3v) is 3.81. The van der Waals surface area contributed by atoms with E-state index in [-0.39, 0.29) is 0 Å². The Hall–Kier alpha value is -1.81. The van der Waals surface area contributed by atoms with E-state index >= 15 is 0 Å². The number of hydrogen-bond donors (Lipinski definition) is 1. The van der Waals surface area contributed by atoms with Gasteiger partial charge in [0.1, 0.15) is 5.75 Å². The molecule has 0 aliphatic rings. The highest BCUT2D eigenvalue weighted by Crippen LogP contribution is 2.28. The molecule has 0 radical (unpaired) electrons. The van der Waals surface area contributed by atoms with Gasteiger partial charge < -0.3 is 15.0 Å². The highest BCUT2D eigenvalue weighted by atomic mass is 16.5. The summed E-state index contributed by atoms with van der Waals surface area (Å²) >= 11 is 0. The quantitative estimate of drug-likeness (QED) is 0.755. The maximum Gasteiger partial charge on any atom is 0.129 e. The van der Waals surface area contributed by atoms with Crippen molar-refractivity contribution >= 4 is 16.6 Å². The lowest BCUT2D eigenvalue weighted by molar-refractivity contribution is 0.303. The molecular weight excluding hydrogens is 262 g/mol. The van der Waals surface area contributed by atoms with Crippen LogP contribution in [0.25, 0.3) is 10.9 Å². The highest BCUT2D eigenvalue weighted by Gasteiger charge is 2.06. The predicted octanol–water partition coefficient (Wildman–Crippen LogP) is 3.39. The van der Waals surface area contributed by atoms with Crippen LogP contribution in [0.1, 0.15) is 20.3 Å². The van der Waals surface area contributed by atoms with E-state index in [1.807, 2.05) is 18.2 Å². The van der Waals surface area contributed by atoms with Crippen molar-refractivity contribution < 1.29 is 4.74 Å². The second-order valence-corrected chi connectivity index (χ2v) is 5.02. The Balaban J connectivity index is 2.02. The van der Waals surface area contributed by atoms with Crippen LogP contribution in [0.4, 0.5) is 5.69 Å². The van der Waals surface area contributed by atoms with Gasteiger partial charge in [0.25, 0.3) is 0 Å². The van der Waals surface area contributed by atoms with Gasteiger partial charge in [0.2, 0.25) is 0 Å². The molecule has 0 saturated heterocycles. The Labute approximate surface area is 127 Å². The van der Waals surface area contributed by atoms with Crippen molar-refractivity contribution in [2.24, 2.45) is 0 Å². The minimum absolute atomic E-state index is 0.867. The normalized spacial score (nSPS) is 11.0. The monoisotopic (exact) mass is 287 g/mol. The molecule has 0 fully saturated rings. The Bertz CT molecular complexity index is 567. The molecule has 0 spiro atoms. The molecule has 114 valence electrons. The minimum atomic E-state index is 0.867. The zero-order chi connectivity index (χ0) is 15.1. The third kappa shape index (κ3) is 3.85. The van der Waals surface area contributed by atoms with E-state index in [2.05, 4.69) is 35.1 Å². The summed E-state index contributed by atoms with van der Waals surface area (Å²) in [5.74, 6) is 0.867. The van der Waals surface area contributed by atoms with Gasteiger partial charge in [-0.2, -0.15) is 0 Å². The SMILES string of the molecule is CCN(CC)CCCNc1cccc2c(OC)ccnc12. The van der Waals surface area contributed by atoms with Crippen molar-refractivity contribution in [1.29, 1.82) is 0 Å². The number of ether oxygens (including phenoxy) is 1. The second kappa shape index (κ2) is 7.84. The van der Waals surface area contributed by atoms with E-state index in [9.17, 15) is 0 Å². The Morgan fingerprint density at radius 1 is 1.19 bits per heavy atom. The molecule has 0 amide bonds. The lowest BCUT2D eigenvalue weighted by Crippen LogP contribution is -2.25. The standard InChI is InChI=1S/C17H25N3O/c1-4-20(5-2)13-7-11-18-15-9-6-8-14-16(21-3)10-12-19-17(14)15/h6,8-10,12,18H,4-5,7,11,13H2,1-3H3. The van der Waals surface area contributed by atoms with Crippen LogP contribution in [-0.4, -0.2) is 43.2 Å². The summed E-state index contributed by atoms with van der Waals surface area (Å²) < 4.78 is 5.39. The zero-order valence-corrected chi connectivity index (χ0v) is 13.2. The molecule has 4 nitrogen and oxygen atoms in total. The van der Waals surface area contributed by atoms with Gasteiger partial charge in [-0.15, -0.1) is 0 Å². The van der Waals surface area contributed by atoms with Crippen LogP contribution in [0.5, 0.6) is 5.75 Å². The summed E-state index contributed by atoms with van der Waals surface area (Å²) in [6.07, 6.45) is 2.92. The molecule has 0 aliphatic carbocycles. The first-order valence-corrected chi connectivity index (χ1v) is 7.68. The maximum atomic E-state index is 5.39. The molecule has 0 bridgehead atoms. The summed E-state index contributed by atoms with van der Waals surface area (Å²) in [4.78, 5) is 6.92. The van der Waals surface area contributed by atoms with Crippen LogP contribution >= 0.6 is 0 Å². The Kier molecular flexibility index (Phi) is 5.81. The fraction of sp³-hybridized carbons (Fsp3) is 0.471. The van der Waals surface area contributed by atoms with Crippen LogP contribution in [0.3, 0.4) is 0 Å². The lowest BCUT2D eigenvalue weighted by Gasteiger charge is -2.18. The second-order valence-electron chi connectivity index (χ2n) is 5.02. The van der Waals surface area contributed by atoms with Crippen LogP contribution < -0.4 is 10.1 Å². The summed E-state index contributed by atoms with van der Waals surface area (Å²) in [5, 5.41) is 4.55. The number of methoxy groups -OCH3 is 1. The van der Waals surface area contributed by atoms with Gasteiger partial charge in [-0.25, -0.2) is 0 Å². The van der Waals surface area contributed by atoms with Crippen molar-refractivity contribution in [3.8, 4) is 5.75 Å². The zero-order valence-electron chi connectivity index (χ0n) is 13.2. The van der Waals surface area contributed by atoms with Gasteiger partial charge in [-0.1, -0.05) is 19.9 Å². The van der Waals surface area contributed by atoms with Crippen molar-refractivity contribution in [2.45, 2.75) is 20.3 Å². The van der Waals surface area contributed by atoms with Crippen molar-refractivity contribution in [2.75, 3.05) is 38.6 Å². The first-order chi connectivity index (χ1) is 10.3. The largest absolute Gasteiger partial charge is 0.496 e. The molecule has 2 rings (SSSR count). The van der Waals surface area contributed by atoms with Gasteiger partial charge in [-0.3, -0.25) is 4.98 Å². The number of nitrogens with one attached hydrogen (secondary N) is 1. The molecular formula is C17H25N3O. The third-order valence-electron chi connectivity index (χ3n) is 3.81. The van der Waals surface area contributed by atoms with Gasteiger partial charge >= 0.3 is 0 Å². The van der Waals surface area contributed by atoms with E-state index < -0.39 is 0 Å². The fourth-order valence-electron chi connectivity index (χ4n) is 2.54. The Morgan fingerprint density at radius 2 is 2.00 bits per heavy atom. The first kappa shape index (κ1) is 15.6. The molecule has 21 heavy (non-hydrogen) atoms. The van der Waals surface area contributed by atoms with E-state index in [0.29, 0.717) is 0 Å². The molecule has 1 N–H and O–H groups in total. The molecule has 2 aromatic rings. The van der Waals surface area contributed by atoms with Gasteiger partial charge in [0.05, 0.1) is 18.3 Å². The fourth-order valence-corrected chi connectivity index (χ4v) is 2.54. The average molecular weight is 287 g/mol. The highest BCUT2D eigenvalue weighted by molar-refractivity contribution is 5.94. The average Bonchev–Trinajstić information content (AvgIpc) is 2.54. The number of rotatable bonds is 8. The molecule has 1 aromatic heterocycles. The van der Waals surface area contributed by atoms with Gasteiger partial charge in [0.15, 0.2) is 0 Å². The minimum Gasteiger partial charge on any atom is -0.496 e. The smallest absolute Gasteiger partial charge is 0.129 e. The van der Waals surface area contributed by atoms with Gasteiger partial charge in [0, 0.05) is 18.1 Å². The summed E-state index contributed by atoms with van der Waals surface area (Å²) in [7, 11) is 1.69. The Morgan fingerprint density at radius 3 is 2.71 bits per heavy atom. The molecule has 0 saturated carbocycles. The number of para-hydroxylation sites is 1. The summed E-state index contributed by atoms with van der Waals surface area (Å²) in [5.41, 5.74) is 2.05. The number of benzene rings is 1. The van der Waals surface area contributed by atoms with Crippen LogP contribution in [-0.2, 0) is 0 Å². The molecule has 4 heteroatoms. The van der Waals surface area contributed by atoms with Crippen LogP contribution in [0.15, 0.2) is 30.5 Å². The predicted molar refractivity (Wildman–Crippen MR) is 89.2 cm³/mol. The van der Waals surface area contributed by atoms with E-state index in [1.54, 1.807) is 13.3 Å². The van der Waals surface area contributed by atoms with Crippen LogP contribution in [0.2, 0.25) is 0 Å². The molecule has 1 aromatic carbocycles. The topological polar surface area (TPSA) is 37.4 Å². The summed E-state index contributed by atoms with van der Waals surface area (Å²) in [6.45, 7) is 8.72. The van der Waals surface area contributed by atoms with Gasteiger partial charge in [-0.05, 0) is 44.3 Å². The lowest BCUT2D eigenvalue weighted by atomic mass is 10.1. The van der Waals surface area contributed by atoms with Crippen molar-refractivity contribution in [1.82, 2.24) is 9.88 Å². The number of nitrogens with zero attached hydrogens (tertiary/aromatic N) is 2. The number of fused-ring (bicyclic) bond motifs is 1. The molecule has 0 aliphatic heterocycles. The number of aromatic nitrogens is 1. The van der Waals surface area contributed by atoms with E-state index in [0.717, 1.165) is 54.9 Å². The molecule has 0 unspecified atom stereocenters. The first-order valence-electron chi connectivity index (χ1n) is 7.68. The summed E-state index contributed by atoms with van der Waals surface area (Å²) in [6, 6.07) is 8.06. The van der Waals surface area contributed by atoms with E-state index in [4.69, 9.17) is 4.74 Å². The van der Waals surface area contributed by atoms with Crippen molar-refractivity contribution in [3.63, 3.8) is 0 Å². The number of anilines is 1. The van der Waals surface area contributed by atoms with E-state index in [1.165, 1.54) is 0 Å². The van der Waals surface area contributed by atoms with Crippen molar-refractivity contribution in [3.05, 3.63) is 30.5 Å². The molecule has 0 atom stereocenters. The van der Waals surface area contributed by atoms with Crippen LogP contribution in [0, 0.1) is 0 Å². The number of pyridine rings is 1.